The molecule has 1 saturated heterocycles. The van der Waals surface area contributed by atoms with E-state index in [0.717, 1.165) is 5.56 Å². The van der Waals surface area contributed by atoms with Gasteiger partial charge in [0.2, 0.25) is 0 Å². The third-order valence-electron chi connectivity index (χ3n) is 3.60. The van der Waals surface area contributed by atoms with Crippen LogP contribution >= 0.6 is 0 Å². The number of hydrogen-bond donors (Lipinski definition) is 1. The van der Waals surface area contributed by atoms with E-state index in [1.165, 1.54) is 17.0 Å². The van der Waals surface area contributed by atoms with Gasteiger partial charge in [0, 0.05) is 12.6 Å². The summed E-state index contributed by atoms with van der Waals surface area (Å²) in [6, 6.07) is 13.9. The van der Waals surface area contributed by atoms with Crippen molar-refractivity contribution in [3.8, 4) is 5.75 Å². The summed E-state index contributed by atoms with van der Waals surface area (Å²) in [6.45, 7) is 0.833. The van der Waals surface area contributed by atoms with E-state index in [1.807, 2.05) is 30.3 Å². The first-order valence-corrected chi connectivity index (χ1v) is 7.32. The Bertz CT molecular complexity index is 693. The Balaban J connectivity index is 1.70. The number of amides is 1. The maximum Gasteiger partial charge on any atom is 0.414 e. The fourth-order valence-electron chi connectivity index (χ4n) is 2.37. The summed E-state index contributed by atoms with van der Waals surface area (Å²) >= 11 is 0. The number of halogens is 1. The Hall–Kier alpha value is -2.60. The van der Waals surface area contributed by atoms with Gasteiger partial charge in [-0.15, -0.1) is 0 Å². The van der Waals surface area contributed by atoms with Crippen LogP contribution in [-0.4, -0.2) is 25.3 Å². The first kappa shape index (κ1) is 15.3. The summed E-state index contributed by atoms with van der Waals surface area (Å²) in [4.78, 5) is 13.1. The minimum atomic E-state index is -0.526. The van der Waals surface area contributed by atoms with E-state index in [1.54, 1.807) is 6.07 Å². The van der Waals surface area contributed by atoms with E-state index >= 15 is 0 Å². The molecule has 2 aromatic rings. The largest absolute Gasteiger partial charge is 0.486 e. The lowest BCUT2D eigenvalue weighted by molar-refractivity contribution is 0.145. The molecular formula is C17H17FN2O3. The van der Waals surface area contributed by atoms with Crippen molar-refractivity contribution in [2.45, 2.75) is 12.7 Å². The molecular weight excluding hydrogens is 299 g/mol. The van der Waals surface area contributed by atoms with Crippen molar-refractivity contribution in [3.05, 3.63) is 59.9 Å². The predicted molar refractivity (Wildman–Crippen MR) is 83.8 cm³/mol. The Kier molecular flexibility index (Phi) is 4.43. The van der Waals surface area contributed by atoms with E-state index in [4.69, 9.17) is 15.2 Å². The monoisotopic (exact) mass is 316 g/mol. The molecule has 3 rings (SSSR count). The fourth-order valence-corrected chi connectivity index (χ4v) is 2.37. The Morgan fingerprint density at radius 1 is 1.26 bits per heavy atom. The number of carbonyl (C=O) groups is 1. The molecule has 1 heterocycles. The predicted octanol–water partition coefficient (Wildman–Crippen LogP) is 2.69. The number of cyclic esters (lactones) is 1. The van der Waals surface area contributed by atoms with Gasteiger partial charge in [0.25, 0.3) is 0 Å². The molecule has 6 heteroatoms. The van der Waals surface area contributed by atoms with Crippen LogP contribution < -0.4 is 15.4 Å². The lowest BCUT2D eigenvalue weighted by Crippen LogP contribution is -2.27. The molecule has 1 atom stereocenters. The normalized spacial score (nSPS) is 17.2. The first-order chi connectivity index (χ1) is 11.2. The van der Waals surface area contributed by atoms with E-state index in [-0.39, 0.29) is 25.0 Å². The van der Waals surface area contributed by atoms with Crippen molar-refractivity contribution in [3.63, 3.8) is 0 Å². The van der Waals surface area contributed by atoms with Crippen molar-refractivity contribution in [1.29, 1.82) is 0 Å². The van der Waals surface area contributed by atoms with Gasteiger partial charge in [-0.25, -0.2) is 9.18 Å². The molecule has 1 amide bonds. The Morgan fingerprint density at radius 3 is 2.70 bits per heavy atom. The highest BCUT2D eigenvalue weighted by Gasteiger charge is 2.31. The van der Waals surface area contributed by atoms with Crippen molar-refractivity contribution < 1.29 is 18.7 Å². The van der Waals surface area contributed by atoms with Crippen molar-refractivity contribution in [2.24, 2.45) is 5.73 Å². The molecule has 2 N–H and O–H groups in total. The van der Waals surface area contributed by atoms with Crippen LogP contribution in [0.5, 0.6) is 5.75 Å². The van der Waals surface area contributed by atoms with Gasteiger partial charge in [-0.2, -0.15) is 0 Å². The molecule has 120 valence electrons. The minimum Gasteiger partial charge on any atom is -0.486 e. The number of hydrogen-bond acceptors (Lipinski definition) is 4. The molecule has 1 fully saturated rings. The van der Waals surface area contributed by atoms with E-state index in [9.17, 15) is 9.18 Å². The second kappa shape index (κ2) is 6.66. The van der Waals surface area contributed by atoms with Gasteiger partial charge in [-0.3, -0.25) is 4.90 Å². The standard InChI is InChI=1S/C17H17FN2O3/c18-15-8-13(20-10-14(9-19)23-17(20)21)6-7-16(15)22-11-12-4-2-1-3-5-12/h1-8,14H,9-11,19H2/t14-/m0/s1. The molecule has 5 nitrogen and oxygen atoms in total. The Morgan fingerprint density at radius 2 is 2.04 bits per heavy atom. The summed E-state index contributed by atoms with van der Waals surface area (Å²) in [5.74, 6) is -0.386. The molecule has 0 saturated carbocycles. The number of anilines is 1. The first-order valence-electron chi connectivity index (χ1n) is 7.32. The maximum atomic E-state index is 14.2. The van der Waals surface area contributed by atoms with Crippen LogP contribution in [0.25, 0.3) is 0 Å². The van der Waals surface area contributed by atoms with Crippen molar-refractivity contribution >= 4 is 11.8 Å². The highest BCUT2D eigenvalue weighted by Crippen LogP contribution is 2.27. The van der Waals surface area contributed by atoms with Crippen LogP contribution in [0.1, 0.15) is 5.56 Å². The fraction of sp³-hybridized carbons (Fsp3) is 0.235. The lowest BCUT2D eigenvalue weighted by Gasteiger charge is -2.14. The number of nitrogens with zero attached hydrogens (tertiary/aromatic N) is 1. The number of benzene rings is 2. The van der Waals surface area contributed by atoms with E-state index < -0.39 is 11.9 Å². The van der Waals surface area contributed by atoms with Gasteiger partial charge in [-0.1, -0.05) is 30.3 Å². The van der Waals surface area contributed by atoms with Crippen LogP contribution in [-0.2, 0) is 11.3 Å². The second-order valence-corrected chi connectivity index (χ2v) is 5.24. The highest BCUT2D eigenvalue weighted by atomic mass is 19.1. The molecule has 1 aliphatic rings. The summed E-state index contributed by atoms with van der Waals surface area (Å²) < 4.78 is 24.7. The van der Waals surface area contributed by atoms with Crippen molar-refractivity contribution in [2.75, 3.05) is 18.0 Å². The molecule has 0 bridgehead atoms. The zero-order valence-electron chi connectivity index (χ0n) is 12.4. The highest BCUT2D eigenvalue weighted by molar-refractivity contribution is 5.89. The second-order valence-electron chi connectivity index (χ2n) is 5.24. The zero-order valence-corrected chi connectivity index (χ0v) is 12.4. The average Bonchev–Trinajstić information content (AvgIpc) is 2.96. The molecule has 0 aromatic heterocycles. The van der Waals surface area contributed by atoms with Crippen LogP contribution in [0, 0.1) is 5.82 Å². The van der Waals surface area contributed by atoms with Gasteiger partial charge in [-0.05, 0) is 17.7 Å². The van der Waals surface area contributed by atoms with Crippen LogP contribution in [0.4, 0.5) is 14.9 Å². The zero-order chi connectivity index (χ0) is 16.2. The van der Waals surface area contributed by atoms with Gasteiger partial charge in [0.1, 0.15) is 12.7 Å². The molecule has 1 aliphatic heterocycles. The van der Waals surface area contributed by atoms with Gasteiger partial charge in [0.15, 0.2) is 11.6 Å². The quantitative estimate of drug-likeness (QED) is 0.921. The van der Waals surface area contributed by atoms with Gasteiger partial charge < -0.3 is 15.2 Å². The van der Waals surface area contributed by atoms with Crippen molar-refractivity contribution in [1.82, 2.24) is 0 Å². The molecule has 2 aromatic carbocycles. The van der Waals surface area contributed by atoms with Gasteiger partial charge in [0.05, 0.1) is 12.2 Å². The summed E-state index contributed by atoms with van der Waals surface area (Å²) in [5, 5.41) is 0. The third kappa shape index (κ3) is 3.43. The lowest BCUT2D eigenvalue weighted by atomic mass is 10.2. The van der Waals surface area contributed by atoms with E-state index in [0.29, 0.717) is 12.2 Å². The molecule has 23 heavy (non-hydrogen) atoms. The average molecular weight is 316 g/mol. The Labute approximate surface area is 133 Å². The maximum absolute atomic E-state index is 14.2. The summed E-state index contributed by atoms with van der Waals surface area (Å²) in [5.41, 5.74) is 6.86. The minimum absolute atomic E-state index is 0.139. The summed E-state index contributed by atoms with van der Waals surface area (Å²) in [6.07, 6.45) is -0.877. The van der Waals surface area contributed by atoms with Crippen LogP contribution in [0.3, 0.4) is 0 Å². The molecule has 0 aliphatic carbocycles. The smallest absolute Gasteiger partial charge is 0.414 e. The summed E-state index contributed by atoms with van der Waals surface area (Å²) in [7, 11) is 0. The number of ether oxygens (including phenoxy) is 2. The molecule has 0 radical (unpaired) electrons. The topological polar surface area (TPSA) is 64.8 Å². The SMILES string of the molecule is NC[C@H]1CN(c2ccc(OCc3ccccc3)c(F)c2)C(=O)O1. The van der Waals surface area contributed by atoms with E-state index in [2.05, 4.69) is 0 Å². The number of nitrogens with two attached hydrogens (primary N) is 1. The van der Waals surface area contributed by atoms with Crippen LogP contribution in [0.15, 0.2) is 48.5 Å². The number of carbonyl (C=O) groups excluding carboxylic acids is 1. The molecule has 0 spiro atoms. The molecule has 0 unspecified atom stereocenters. The van der Waals surface area contributed by atoms with Crippen LogP contribution in [0.2, 0.25) is 0 Å². The number of rotatable bonds is 5. The van der Waals surface area contributed by atoms with Gasteiger partial charge >= 0.3 is 6.09 Å². The third-order valence-corrected chi connectivity index (χ3v) is 3.60.